The van der Waals surface area contributed by atoms with E-state index in [1.807, 2.05) is 27.7 Å². The normalized spacial score (nSPS) is 12.4. The summed E-state index contributed by atoms with van der Waals surface area (Å²) in [6.45, 7) is 8.12. The van der Waals surface area contributed by atoms with Gasteiger partial charge in [0.25, 0.3) is 10.0 Å². The predicted octanol–water partition coefficient (Wildman–Crippen LogP) is 6.49. The summed E-state index contributed by atoms with van der Waals surface area (Å²) in [7, 11) is -2.92. The predicted molar refractivity (Wildman–Crippen MR) is 168 cm³/mol. The number of halogens is 3. The highest BCUT2D eigenvalue weighted by Gasteiger charge is 2.35. The van der Waals surface area contributed by atoms with Gasteiger partial charge in [-0.05, 0) is 82.6 Å². The van der Waals surface area contributed by atoms with Gasteiger partial charge in [0.2, 0.25) is 11.8 Å². The molecular weight excluding hydrogens is 621 g/mol. The average Bonchev–Trinajstić information content (AvgIpc) is 2.90. The van der Waals surface area contributed by atoms with Crippen molar-refractivity contribution in [2.45, 2.75) is 57.6 Å². The van der Waals surface area contributed by atoms with Gasteiger partial charge < -0.3 is 15.0 Å². The molecule has 42 heavy (non-hydrogen) atoms. The minimum atomic E-state index is -4.31. The van der Waals surface area contributed by atoms with Gasteiger partial charge in [-0.15, -0.1) is 0 Å². The average molecular weight is 655 g/mol. The number of carbonyl (C=O) groups excluding carboxylic acids is 2. The van der Waals surface area contributed by atoms with E-state index in [0.717, 1.165) is 9.87 Å². The van der Waals surface area contributed by atoms with Gasteiger partial charge in [-0.3, -0.25) is 13.9 Å². The highest BCUT2D eigenvalue weighted by atomic mass is 35.5. The number of carbonyl (C=O) groups is 2. The first-order valence-electron chi connectivity index (χ1n) is 13.0. The first kappa shape index (κ1) is 33.5. The highest BCUT2D eigenvalue weighted by Crippen LogP contribution is 2.35. The number of hydrogen-bond donors (Lipinski definition) is 1. The third-order valence-electron chi connectivity index (χ3n) is 6.32. The Morgan fingerprint density at radius 1 is 0.952 bits per heavy atom. The number of nitrogens with zero attached hydrogens (tertiary/aromatic N) is 2. The first-order chi connectivity index (χ1) is 19.5. The molecule has 0 radical (unpaired) electrons. The molecule has 0 aromatic heterocycles. The molecule has 3 aromatic carbocycles. The second kappa shape index (κ2) is 13.5. The minimum Gasteiger partial charge on any atom is -0.495 e. The number of anilines is 1. The number of amides is 2. The maximum absolute atomic E-state index is 14.1. The number of sulfonamides is 1. The van der Waals surface area contributed by atoms with Gasteiger partial charge in [0.1, 0.15) is 18.3 Å². The Labute approximate surface area is 262 Å². The summed E-state index contributed by atoms with van der Waals surface area (Å²) in [4.78, 5) is 28.6. The molecule has 12 heteroatoms. The molecule has 1 N–H and O–H groups in total. The second-order valence-electron chi connectivity index (χ2n) is 10.8. The SMILES string of the molecule is COc1ccc(Cl)cc1N(CC(=O)N(Cc1ccc(Cl)cc1Cl)[C@@H](C)C(=O)NC(C)(C)C)S(=O)(=O)c1ccc(C)cc1. The fraction of sp³-hybridized carbons (Fsp3) is 0.333. The van der Waals surface area contributed by atoms with Crippen LogP contribution in [0, 0.1) is 6.92 Å². The number of aryl methyl sites for hydroxylation is 1. The number of hydrogen-bond acceptors (Lipinski definition) is 5. The molecule has 0 aliphatic carbocycles. The Bertz CT molecular complexity index is 1560. The van der Waals surface area contributed by atoms with E-state index < -0.39 is 40.0 Å². The summed E-state index contributed by atoms with van der Waals surface area (Å²) in [5.74, 6) is -0.891. The zero-order valence-electron chi connectivity index (χ0n) is 24.2. The van der Waals surface area contributed by atoms with E-state index in [0.29, 0.717) is 15.6 Å². The van der Waals surface area contributed by atoms with Gasteiger partial charge >= 0.3 is 0 Å². The van der Waals surface area contributed by atoms with Gasteiger partial charge in [0.15, 0.2) is 0 Å². The third kappa shape index (κ3) is 8.31. The van der Waals surface area contributed by atoms with E-state index in [4.69, 9.17) is 39.5 Å². The van der Waals surface area contributed by atoms with Crippen LogP contribution in [0.1, 0.15) is 38.8 Å². The summed E-state index contributed by atoms with van der Waals surface area (Å²) in [6, 6.07) is 14.5. The molecule has 3 rings (SSSR count). The van der Waals surface area contributed by atoms with Crippen LogP contribution in [-0.4, -0.2) is 50.4 Å². The summed E-state index contributed by atoms with van der Waals surface area (Å²) >= 11 is 18.8. The maximum atomic E-state index is 14.1. The molecule has 226 valence electrons. The van der Waals surface area contributed by atoms with Crippen LogP contribution in [0.25, 0.3) is 0 Å². The van der Waals surface area contributed by atoms with E-state index in [1.54, 1.807) is 37.3 Å². The Kier molecular flexibility index (Phi) is 10.8. The molecule has 0 aliphatic rings. The molecular formula is C30H34Cl3N3O5S. The summed E-state index contributed by atoms with van der Waals surface area (Å²) in [5.41, 5.74) is 0.877. The number of ether oxygens (including phenoxy) is 1. The Hall–Kier alpha value is -2.98. The topological polar surface area (TPSA) is 96.0 Å². The van der Waals surface area contributed by atoms with Gasteiger partial charge in [-0.25, -0.2) is 8.42 Å². The lowest BCUT2D eigenvalue weighted by molar-refractivity contribution is -0.140. The fourth-order valence-electron chi connectivity index (χ4n) is 4.10. The van der Waals surface area contributed by atoms with Crippen LogP contribution in [-0.2, 0) is 26.2 Å². The molecule has 0 aliphatic heterocycles. The van der Waals surface area contributed by atoms with E-state index in [1.165, 1.54) is 42.3 Å². The second-order valence-corrected chi connectivity index (χ2v) is 14.0. The summed E-state index contributed by atoms with van der Waals surface area (Å²) in [6.07, 6.45) is 0. The lowest BCUT2D eigenvalue weighted by Crippen LogP contribution is -2.54. The summed E-state index contributed by atoms with van der Waals surface area (Å²) < 4.78 is 34.5. The third-order valence-corrected chi connectivity index (χ3v) is 8.91. The van der Waals surface area contributed by atoms with Crippen molar-refractivity contribution in [3.63, 3.8) is 0 Å². The standard InChI is InChI=1S/C30H34Cl3N3O5S/c1-19-7-12-24(13-8-19)42(39,40)36(26-16-23(32)11-14-27(26)41-6)18-28(37)35(20(2)29(38)34-30(3,4)5)17-21-9-10-22(31)15-25(21)33/h7-16,20H,17-18H2,1-6H3,(H,34,38)/t20-/m0/s1. The zero-order chi connectivity index (χ0) is 31.4. The molecule has 0 fully saturated rings. The van der Waals surface area contributed by atoms with Crippen molar-refractivity contribution in [1.82, 2.24) is 10.2 Å². The monoisotopic (exact) mass is 653 g/mol. The number of benzene rings is 3. The van der Waals surface area contributed by atoms with E-state index in [9.17, 15) is 18.0 Å². The van der Waals surface area contributed by atoms with Crippen molar-refractivity contribution in [1.29, 1.82) is 0 Å². The van der Waals surface area contributed by atoms with E-state index in [-0.39, 0.29) is 27.9 Å². The largest absolute Gasteiger partial charge is 0.495 e. The number of methoxy groups -OCH3 is 1. The molecule has 0 spiro atoms. The Balaban J connectivity index is 2.13. The van der Waals surface area contributed by atoms with Crippen LogP contribution in [0.4, 0.5) is 5.69 Å². The van der Waals surface area contributed by atoms with Gasteiger partial charge in [-0.2, -0.15) is 0 Å². The lowest BCUT2D eigenvalue weighted by Gasteiger charge is -2.34. The van der Waals surface area contributed by atoms with Crippen LogP contribution in [0.3, 0.4) is 0 Å². The molecule has 0 unspecified atom stereocenters. The number of rotatable bonds is 10. The maximum Gasteiger partial charge on any atom is 0.264 e. The smallest absolute Gasteiger partial charge is 0.264 e. The van der Waals surface area contributed by atoms with Gasteiger partial charge in [-0.1, -0.05) is 58.6 Å². The molecule has 2 amide bonds. The van der Waals surface area contributed by atoms with Crippen LogP contribution in [0.2, 0.25) is 15.1 Å². The van der Waals surface area contributed by atoms with Crippen molar-refractivity contribution in [2.24, 2.45) is 0 Å². The van der Waals surface area contributed by atoms with Crippen molar-refractivity contribution in [2.75, 3.05) is 18.0 Å². The first-order valence-corrected chi connectivity index (χ1v) is 15.6. The molecule has 3 aromatic rings. The van der Waals surface area contributed by atoms with Crippen molar-refractivity contribution < 1.29 is 22.7 Å². The van der Waals surface area contributed by atoms with Crippen molar-refractivity contribution >= 4 is 62.3 Å². The van der Waals surface area contributed by atoms with Gasteiger partial charge in [0.05, 0.1) is 17.7 Å². The van der Waals surface area contributed by atoms with Crippen molar-refractivity contribution in [3.05, 3.63) is 86.9 Å². The van der Waals surface area contributed by atoms with Gasteiger partial charge in [0, 0.05) is 27.2 Å². The summed E-state index contributed by atoms with van der Waals surface area (Å²) in [5, 5.41) is 3.82. The molecule has 0 bridgehead atoms. The lowest BCUT2D eigenvalue weighted by atomic mass is 10.1. The van der Waals surface area contributed by atoms with E-state index in [2.05, 4.69) is 5.32 Å². The Morgan fingerprint density at radius 2 is 1.55 bits per heavy atom. The van der Waals surface area contributed by atoms with Crippen LogP contribution in [0.15, 0.2) is 65.6 Å². The highest BCUT2D eigenvalue weighted by molar-refractivity contribution is 7.92. The Morgan fingerprint density at radius 3 is 2.12 bits per heavy atom. The zero-order valence-corrected chi connectivity index (χ0v) is 27.3. The molecule has 1 atom stereocenters. The van der Waals surface area contributed by atoms with Crippen LogP contribution in [0.5, 0.6) is 5.75 Å². The number of nitrogens with one attached hydrogen (secondary N) is 1. The van der Waals surface area contributed by atoms with E-state index >= 15 is 0 Å². The van der Waals surface area contributed by atoms with Crippen LogP contribution >= 0.6 is 34.8 Å². The molecule has 0 saturated carbocycles. The fourth-order valence-corrected chi connectivity index (χ4v) is 6.15. The van der Waals surface area contributed by atoms with Crippen molar-refractivity contribution in [3.8, 4) is 5.75 Å². The minimum absolute atomic E-state index is 0.0336. The molecule has 8 nitrogen and oxygen atoms in total. The quantitative estimate of drug-likeness (QED) is 0.270. The van der Waals surface area contributed by atoms with Crippen LogP contribution < -0.4 is 14.4 Å². The molecule has 0 saturated heterocycles. The molecule has 0 heterocycles.